The Balaban J connectivity index is 1.88. The maximum atomic E-state index is 12.7. The highest BCUT2D eigenvalue weighted by atomic mass is 16.6. The summed E-state index contributed by atoms with van der Waals surface area (Å²) in [4.78, 5) is 31.2. The molecule has 0 unspecified atom stereocenters. The van der Waals surface area contributed by atoms with E-state index in [1.165, 1.54) is 11.1 Å². The fraction of sp³-hybridized carbons (Fsp3) is 0.625. The van der Waals surface area contributed by atoms with Gasteiger partial charge in [0.05, 0.1) is 12.1 Å². The van der Waals surface area contributed by atoms with E-state index in [0.29, 0.717) is 19.0 Å². The van der Waals surface area contributed by atoms with Crippen LogP contribution in [0.4, 0.5) is 4.79 Å². The van der Waals surface area contributed by atoms with Gasteiger partial charge in [-0.05, 0) is 51.2 Å². The molecule has 0 saturated carbocycles. The van der Waals surface area contributed by atoms with Gasteiger partial charge in [-0.1, -0.05) is 38.1 Å². The number of aliphatic imine (C=N–C) groups is 1. The number of fused-ring (bicyclic) bond motifs is 1. The van der Waals surface area contributed by atoms with E-state index >= 15 is 0 Å². The second-order valence-corrected chi connectivity index (χ2v) is 9.23. The molecule has 0 aromatic heterocycles. The van der Waals surface area contributed by atoms with Crippen molar-refractivity contribution in [2.45, 2.75) is 71.6 Å². The quantitative estimate of drug-likeness (QED) is 0.443. The number of nitrogens with zero attached hydrogens (tertiary/aromatic N) is 2. The van der Waals surface area contributed by atoms with Crippen molar-refractivity contribution in [1.29, 1.82) is 0 Å². The van der Waals surface area contributed by atoms with E-state index in [2.05, 4.69) is 33.1 Å². The lowest BCUT2D eigenvalue weighted by atomic mass is 9.93. The van der Waals surface area contributed by atoms with E-state index in [-0.39, 0.29) is 12.5 Å². The van der Waals surface area contributed by atoms with Gasteiger partial charge in [0.15, 0.2) is 5.96 Å². The van der Waals surface area contributed by atoms with Crippen molar-refractivity contribution in [3.8, 4) is 0 Å². The molecule has 0 atom stereocenters. The first kappa shape index (κ1) is 25.5. The highest BCUT2D eigenvalue weighted by molar-refractivity contribution is 5.86. The third-order valence-electron chi connectivity index (χ3n) is 5.83. The molecule has 2 rings (SSSR count). The van der Waals surface area contributed by atoms with Gasteiger partial charge in [-0.3, -0.25) is 9.79 Å². The summed E-state index contributed by atoms with van der Waals surface area (Å²) in [5.74, 6) is 0.555. The number of benzene rings is 1. The molecule has 0 spiro atoms. The Bertz CT molecular complexity index is 812. The van der Waals surface area contributed by atoms with Crippen LogP contribution in [0, 0.1) is 0 Å². The molecule has 0 fully saturated rings. The van der Waals surface area contributed by atoms with E-state index < -0.39 is 17.2 Å². The zero-order valence-corrected chi connectivity index (χ0v) is 20.4. The van der Waals surface area contributed by atoms with Gasteiger partial charge < -0.3 is 25.6 Å². The van der Waals surface area contributed by atoms with Gasteiger partial charge in [-0.25, -0.2) is 4.79 Å². The third kappa shape index (κ3) is 7.43. The average molecular weight is 446 g/mol. The minimum absolute atomic E-state index is 0.0339. The first-order valence-electron chi connectivity index (χ1n) is 11.4. The zero-order chi connectivity index (χ0) is 23.8. The molecule has 0 bridgehead atoms. The fourth-order valence-corrected chi connectivity index (χ4v) is 3.69. The predicted molar refractivity (Wildman–Crippen MR) is 128 cm³/mol. The van der Waals surface area contributed by atoms with Crippen molar-refractivity contribution in [1.82, 2.24) is 20.9 Å². The van der Waals surface area contributed by atoms with E-state index in [4.69, 9.17) is 4.74 Å². The molecule has 1 aliphatic heterocycles. The lowest BCUT2D eigenvalue weighted by molar-refractivity contribution is -0.130. The van der Waals surface area contributed by atoms with Crippen molar-refractivity contribution >= 4 is 18.0 Å². The largest absolute Gasteiger partial charge is 0.444 e. The number of ether oxygens (including phenoxy) is 1. The lowest BCUT2D eigenvalue weighted by Gasteiger charge is -2.34. The topological polar surface area (TPSA) is 95.1 Å². The summed E-state index contributed by atoms with van der Waals surface area (Å²) < 4.78 is 5.43. The molecule has 32 heavy (non-hydrogen) atoms. The Morgan fingerprint density at radius 1 is 1.09 bits per heavy atom. The molecule has 8 nitrogen and oxygen atoms in total. The first-order valence-corrected chi connectivity index (χ1v) is 11.4. The van der Waals surface area contributed by atoms with Gasteiger partial charge in [0.25, 0.3) is 0 Å². The summed E-state index contributed by atoms with van der Waals surface area (Å²) in [6.07, 6.45) is 1.88. The number of rotatable bonds is 7. The third-order valence-corrected chi connectivity index (χ3v) is 5.83. The lowest BCUT2D eigenvalue weighted by Crippen LogP contribution is -2.57. The van der Waals surface area contributed by atoms with Crippen LogP contribution < -0.4 is 16.0 Å². The number of hydrogen-bond donors (Lipinski definition) is 3. The summed E-state index contributed by atoms with van der Waals surface area (Å²) in [6.45, 7) is 11.6. The molecule has 0 saturated heterocycles. The number of guanidine groups is 1. The van der Waals surface area contributed by atoms with Crippen LogP contribution in [0.3, 0.4) is 0 Å². The van der Waals surface area contributed by atoms with Crippen LogP contribution in [0.2, 0.25) is 0 Å². The van der Waals surface area contributed by atoms with Crippen molar-refractivity contribution in [2.24, 2.45) is 4.99 Å². The molecule has 1 aliphatic rings. The smallest absolute Gasteiger partial charge is 0.408 e. The Morgan fingerprint density at radius 3 is 2.34 bits per heavy atom. The van der Waals surface area contributed by atoms with E-state index in [0.717, 1.165) is 25.8 Å². The van der Waals surface area contributed by atoms with Crippen molar-refractivity contribution in [3.63, 3.8) is 0 Å². The van der Waals surface area contributed by atoms with Gasteiger partial charge in [0.2, 0.25) is 5.91 Å². The van der Waals surface area contributed by atoms with Crippen molar-refractivity contribution in [2.75, 3.05) is 26.7 Å². The maximum absolute atomic E-state index is 12.7. The van der Waals surface area contributed by atoms with Gasteiger partial charge in [-0.15, -0.1) is 0 Å². The summed E-state index contributed by atoms with van der Waals surface area (Å²) in [5, 5.41) is 9.37. The summed E-state index contributed by atoms with van der Waals surface area (Å²) in [5.41, 5.74) is 1.48. The number of hydrogen-bond acceptors (Lipinski definition) is 4. The van der Waals surface area contributed by atoms with E-state index in [1.807, 2.05) is 51.7 Å². The van der Waals surface area contributed by atoms with Crippen LogP contribution in [0.15, 0.2) is 29.3 Å². The molecule has 0 aliphatic carbocycles. The van der Waals surface area contributed by atoms with E-state index in [9.17, 15) is 9.59 Å². The number of alkyl carbamates (subject to hydrolysis) is 1. The number of amides is 2. The first-order chi connectivity index (χ1) is 15.1. The molecule has 1 aromatic rings. The molecule has 0 radical (unpaired) electrons. The molecular weight excluding hydrogens is 406 g/mol. The van der Waals surface area contributed by atoms with Gasteiger partial charge in [0.1, 0.15) is 5.60 Å². The zero-order valence-electron chi connectivity index (χ0n) is 20.4. The maximum Gasteiger partial charge on any atom is 0.408 e. The molecule has 1 aromatic carbocycles. The predicted octanol–water partition coefficient (Wildman–Crippen LogP) is 2.82. The second-order valence-electron chi connectivity index (χ2n) is 9.23. The Kier molecular flexibility index (Phi) is 8.92. The highest BCUT2D eigenvalue weighted by Gasteiger charge is 2.31. The molecular formula is C24H39N5O3. The monoisotopic (exact) mass is 445 g/mol. The SMILES string of the molecule is CCC(CC)(CNC(=NC)NCC(=O)N1CCc2ccccc2C1)NC(=O)OC(C)(C)C. The Labute approximate surface area is 192 Å². The highest BCUT2D eigenvalue weighted by Crippen LogP contribution is 2.18. The van der Waals surface area contributed by atoms with Crippen LogP contribution in [-0.4, -0.2) is 60.7 Å². The van der Waals surface area contributed by atoms with E-state index in [1.54, 1.807) is 7.05 Å². The molecule has 3 N–H and O–H groups in total. The summed E-state index contributed by atoms with van der Waals surface area (Å²) >= 11 is 0. The van der Waals surface area contributed by atoms with Crippen molar-refractivity contribution < 1.29 is 14.3 Å². The second kappa shape index (κ2) is 11.2. The molecule has 2 amide bonds. The summed E-state index contributed by atoms with van der Waals surface area (Å²) in [7, 11) is 1.66. The van der Waals surface area contributed by atoms with Crippen LogP contribution >= 0.6 is 0 Å². The number of carbonyl (C=O) groups excluding carboxylic acids is 2. The van der Waals surface area contributed by atoms with Crippen LogP contribution in [0.1, 0.15) is 58.6 Å². The van der Waals surface area contributed by atoms with Crippen LogP contribution in [0.5, 0.6) is 0 Å². The molecule has 178 valence electrons. The van der Waals surface area contributed by atoms with Gasteiger partial charge in [0, 0.05) is 26.7 Å². The van der Waals surface area contributed by atoms with Gasteiger partial charge >= 0.3 is 6.09 Å². The van der Waals surface area contributed by atoms with Crippen LogP contribution in [-0.2, 0) is 22.5 Å². The normalized spacial score (nSPS) is 14.4. The van der Waals surface area contributed by atoms with Crippen molar-refractivity contribution in [3.05, 3.63) is 35.4 Å². The fourth-order valence-electron chi connectivity index (χ4n) is 3.69. The van der Waals surface area contributed by atoms with Gasteiger partial charge in [-0.2, -0.15) is 0 Å². The minimum Gasteiger partial charge on any atom is -0.444 e. The molecule has 1 heterocycles. The average Bonchev–Trinajstić information content (AvgIpc) is 2.76. The minimum atomic E-state index is -0.558. The Hall–Kier alpha value is -2.77. The summed E-state index contributed by atoms with van der Waals surface area (Å²) in [6, 6.07) is 8.25. The standard InChI is InChI=1S/C24H39N5O3/c1-7-24(8-2,28-22(31)32-23(3,4)5)17-27-21(25-6)26-15-20(30)29-14-13-18-11-9-10-12-19(18)16-29/h9-12H,7-8,13-17H2,1-6H3,(H,28,31)(H2,25,26,27). The number of nitrogens with one attached hydrogen (secondary N) is 3. The van der Waals surface area contributed by atoms with Crippen LogP contribution in [0.25, 0.3) is 0 Å². The number of carbonyl (C=O) groups is 2. The Morgan fingerprint density at radius 2 is 1.75 bits per heavy atom. The molecule has 8 heteroatoms.